The molecule has 2 unspecified atom stereocenters. The lowest BCUT2D eigenvalue weighted by atomic mass is 10.2. The highest BCUT2D eigenvalue weighted by atomic mass is 16.5. The van der Waals surface area contributed by atoms with Gasteiger partial charge in [0.2, 0.25) is 5.89 Å². The fourth-order valence-corrected chi connectivity index (χ4v) is 1.62. The molecule has 78 valence electrons. The summed E-state index contributed by atoms with van der Waals surface area (Å²) in [5.41, 5.74) is 0. The Morgan fingerprint density at radius 3 is 3.07 bits per heavy atom. The van der Waals surface area contributed by atoms with Crippen LogP contribution in [-0.4, -0.2) is 29.9 Å². The number of nitrogens with zero attached hydrogens (tertiary/aromatic N) is 2. The van der Waals surface area contributed by atoms with E-state index in [1.165, 1.54) is 0 Å². The predicted octanol–water partition coefficient (Wildman–Crippen LogP) is 0.681. The standard InChI is InChI=1S/C9H15N3O2/c1-3-8-11-9(14-12-8)7-4-6(13-2)5-10-7/h6-7,10H,3-5H2,1-2H3. The van der Waals surface area contributed by atoms with Crippen molar-refractivity contribution in [3.05, 3.63) is 11.7 Å². The Hall–Kier alpha value is -0.940. The second kappa shape index (κ2) is 4.06. The van der Waals surface area contributed by atoms with Crippen LogP contribution in [0.25, 0.3) is 0 Å². The number of aromatic nitrogens is 2. The van der Waals surface area contributed by atoms with E-state index < -0.39 is 0 Å². The van der Waals surface area contributed by atoms with Crippen LogP contribution in [0.3, 0.4) is 0 Å². The van der Waals surface area contributed by atoms with Crippen LogP contribution < -0.4 is 5.32 Å². The molecule has 5 nitrogen and oxygen atoms in total. The topological polar surface area (TPSA) is 60.2 Å². The van der Waals surface area contributed by atoms with Gasteiger partial charge in [0, 0.05) is 20.1 Å². The summed E-state index contributed by atoms with van der Waals surface area (Å²) in [7, 11) is 1.72. The molecule has 1 aromatic heterocycles. The Balaban J connectivity index is 2.02. The first kappa shape index (κ1) is 9.61. The van der Waals surface area contributed by atoms with Gasteiger partial charge in [-0.1, -0.05) is 12.1 Å². The van der Waals surface area contributed by atoms with Crippen LogP contribution in [0.15, 0.2) is 4.52 Å². The van der Waals surface area contributed by atoms with Crippen molar-refractivity contribution in [2.24, 2.45) is 0 Å². The lowest BCUT2D eigenvalue weighted by Gasteiger charge is -2.04. The fraction of sp³-hybridized carbons (Fsp3) is 0.778. The van der Waals surface area contributed by atoms with Crippen LogP contribution in [0.1, 0.15) is 31.1 Å². The van der Waals surface area contributed by atoms with Crippen molar-refractivity contribution in [2.45, 2.75) is 31.9 Å². The van der Waals surface area contributed by atoms with Gasteiger partial charge in [-0.2, -0.15) is 4.98 Å². The van der Waals surface area contributed by atoms with Gasteiger partial charge in [-0.05, 0) is 6.42 Å². The van der Waals surface area contributed by atoms with Gasteiger partial charge in [0.1, 0.15) is 0 Å². The second-order valence-electron chi connectivity index (χ2n) is 3.46. The second-order valence-corrected chi connectivity index (χ2v) is 3.46. The number of ether oxygens (including phenoxy) is 1. The molecule has 0 saturated carbocycles. The van der Waals surface area contributed by atoms with E-state index in [2.05, 4.69) is 15.5 Å². The summed E-state index contributed by atoms with van der Waals surface area (Å²) >= 11 is 0. The first-order chi connectivity index (χ1) is 6.83. The largest absolute Gasteiger partial charge is 0.380 e. The molecule has 0 aliphatic carbocycles. The Bertz CT molecular complexity index is 300. The number of rotatable bonds is 3. The van der Waals surface area contributed by atoms with Crippen molar-refractivity contribution < 1.29 is 9.26 Å². The van der Waals surface area contributed by atoms with Crippen LogP contribution in [0.2, 0.25) is 0 Å². The maximum Gasteiger partial charge on any atom is 0.243 e. The molecule has 0 amide bonds. The molecule has 0 aromatic carbocycles. The summed E-state index contributed by atoms with van der Waals surface area (Å²) in [4.78, 5) is 4.28. The monoisotopic (exact) mass is 197 g/mol. The third-order valence-electron chi connectivity index (χ3n) is 2.52. The van der Waals surface area contributed by atoms with Gasteiger partial charge in [0.25, 0.3) is 0 Å². The quantitative estimate of drug-likeness (QED) is 0.772. The van der Waals surface area contributed by atoms with Crippen LogP contribution in [0.5, 0.6) is 0 Å². The van der Waals surface area contributed by atoms with E-state index in [0.29, 0.717) is 5.89 Å². The van der Waals surface area contributed by atoms with Gasteiger partial charge in [0.15, 0.2) is 5.82 Å². The highest BCUT2D eigenvalue weighted by Crippen LogP contribution is 2.23. The lowest BCUT2D eigenvalue weighted by Crippen LogP contribution is -2.16. The number of nitrogens with one attached hydrogen (secondary N) is 1. The molecule has 2 atom stereocenters. The molecule has 14 heavy (non-hydrogen) atoms. The normalized spacial score (nSPS) is 27.0. The Morgan fingerprint density at radius 2 is 2.50 bits per heavy atom. The van der Waals surface area contributed by atoms with Gasteiger partial charge in [-0.25, -0.2) is 0 Å². The van der Waals surface area contributed by atoms with E-state index in [9.17, 15) is 0 Å². The third-order valence-corrected chi connectivity index (χ3v) is 2.52. The minimum absolute atomic E-state index is 0.160. The summed E-state index contributed by atoms with van der Waals surface area (Å²) < 4.78 is 10.4. The highest BCUT2D eigenvalue weighted by molar-refractivity contribution is 4.97. The average molecular weight is 197 g/mol. The molecule has 0 spiro atoms. The molecule has 2 heterocycles. The first-order valence-corrected chi connectivity index (χ1v) is 4.92. The van der Waals surface area contributed by atoms with Crippen molar-refractivity contribution in [3.63, 3.8) is 0 Å². The van der Waals surface area contributed by atoms with Crippen LogP contribution in [0.4, 0.5) is 0 Å². The van der Waals surface area contributed by atoms with E-state index in [0.717, 1.165) is 25.2 Å². The molecule has 0 bridgehead atoms. The van der Waals surface area contributed by atoms with Crippen molar-refractivity contribution in [1.82, 2.24) is 15.5 Å². The molecule has 1 aliphatic heterocycles. The zero-order chi connectivity index (χ0) is 9.97. The fourth-order valence-electron chi connectivity index (χ4n) is 1.62. The third kappa shape index (κ3) is 1.78. The van der Waals surface area contributed by atoms with E-state index in [1.54, 1.807) is 7.11 Å². The number of methoxy groups -OCH3 is 1. The molecule has 1 aliphatic rings. The average Bonchev–Trinajstić information content (AvgIpc) is 2.86. The molecular weight excluding hydrogens is 182 g/mol. The van der Waals surface area contributed by atoms with Gasteiger partial charge in [0.05, 0.1) is 12.1 Å². The lowest BCUT2D eigenvalue weighted by molar-refractivity contribution is 0.116. The summed E-state index contributed by atoms with van der Waals surface area (Å²) in [5, 5.41) is 7.15. The molecular formula is C9H15N3O2. The van der Waals surface area contributed by atoms with Crippen molar-refractivity contribution >= 4 is 0 Å². The van der Waals surface area contributed by atoms with Crippen molar-refractivity contribution in [3.8, 4) is 0 Å². The number of hydrogen-bond donors (Lipinski definition) is 1. The minimum atomic E-state index is 0.160. The van der Waals surface area contributed by atoms with E-state index >= 15 is 0 Å². The maximum absolute atomic E-state index is 5.24. The SMILES string of the molecule is CCc1noc(C2CC(OC)CN2)n1. The van der Waals surface area contributed by atoms with Gasteiger partial charge in [-0.3, -0.25) is 0 Å². The number of aryl methyl sites for hydroxylation is 1. The predicted molar refractivity (Wildman–Crippen MR) is 49.8 cm³/mol. The summed E-state index contributed by atoms with van der Waals surface area (Å²) in [6.07, 6.45) is 1.98. The maximum atomic E-state index is 5.24. The van der Waals surface area contributed by atoms with Crippen LogP contribution in [-0.2, 0) is 11.2 Å². The first-order valence-electron chi connectivity index (χ1n) is 4.92. The van der Waals surface area contributed by atoms with Crippen LogP contribution in [0, 0.1) is 0 Å². The molecule has 0 radical (unpaired) electrons. The molecule has 1 aromatic rings. The Kier molecular flexibility index (Phi) is 2.79. The molecule has 1 fully saturated rings. The van der Waals surface area contributed by atoms with Crippen LogP contribution >= 0.6 is 0 Å². The Labute approximate surface area is 82.8 Å². The minimum Gasteiger partial charge on any atom is -0.380 e. The van der Waals surface area contributed by atoms with E-state index in [-0.39, 0.29) is 12.1 Å². The molecule has 1 N–H and O–H groups in total. The summed E-state index contributed by atoms with van der Waals surface area (Å²) in [5.74, 6) is 1.45. The zero-order valence-corrected chi connectivity index (χ0v) is 8.49. The number of hydrogen-bond acceptors (Lipinski definition) is 5. The van der Waals surface area contributed by atoms with Gasteiger partial charge in [-0.15, -0.1) is 0 Å². The van der Waals surface area contributed by atoms with Gasteiger partial charge >= 0.3 is 0 Å². The van der Waals surface area contributed by atoms with Crippen molar-refractivity contribution in [1.29, 1.82) is 0 Å². The summed E-state index contributed by atoms with van der Waals surface area (Å²) in [6.45, 7) is 2.86. The van der Waals surface area contributed by atoms with E-state index in [4.69, 9.17) is 9.26 Å². The van der Waals surface area contributed by atoms with Crippen molar-refractivity contribution in [2.75, 3.05) is 13.7 Å². The molecule has 2 rings (SSSR count). The highest BCUT2D eigenvalue weighted by Gasteiger charge is 2.28. The molecule has 5 heteroatoms. The smallest absolute Gasteiger partial charge is 0.243 e. The molecule has 1 saturated heterocycles. The summed E-state index contributed by atoms with van der Waals surface area (Å²) in [6, 6.07) is 0.160. The zero-order valence-electron chi connectivity index (χ0n) is 8.49. The van der Waals surface area contributed by atoms with E-state index in [1.807, 2.05) is 6.92 Å². The Morgan fingerprint density at radius 1 is 1.64 bits per heavy atom. The van der Waals surface area contributed by atoms with Gasteiger partial charge < -0.3 is 14.6 Å².